The van der Waals surface area contributed by atoms with Gasteiger partial charge in [0.2, 0.25) is 5.91 Å². The van der Waals surface area contributed by atoms with Crippen LogP contribution in [0.1, 0.15) is 19.4 Å². The van der Waals surface area contributed by atoms with Crippen LogP contribution in [0.4, 0.5) is 5.69 Å². The number of hydrogen-bond donors (Lipinski definition) is 2. The van der Waals surface area contributed by atoms with Gasteiger partial charge < -0.3 is 20.3 Å². The van der Waals surface area contributed by atoms with E-state index in [-0.39, 0.29) is 11.9 Å². The molecule has 1 atom stereocenters. The topological polar surface area (TPSA) is 56.8 Å². The van der Waals surface area contributed by atoms with Crippen LogP contribution >= 0.6 is 0 Å². The Balaban J connectivity index is 1.42. The van der Waals surface area contributed by atoms with E-state index in [1.54, 1.807) is 7.11 Å². The van der Waals surface area contributed by atoms with Crippen LogP contribution in [-0.4, -0.2) is 63.2 Å². The molecule has 0 bridgehead atoms. The van der Waals surface area contributed by atoms with Crippen LogP contribution in [0.5, 0.6) is 5.75 Å². The monoisotopic (exact) mass is 424 g/mol. The summed E-state index contributed by atoms with van der Waals surface area (Å²) < 4.78 is 5.42. The zero-order valence-electron chi connectivity index (χ0n) is 19.0. The van der Waals surface area contributed by atoms with Crippen LogP contribution in [0.15, 0.2) is 54.6 Å². The number of para-hydroxylation sites is 2. The van der Waals surface area contributed by atoms with Gasteiger partial charge in [0.15, 0.2) is 0 Å². The first-order valence-corrected chi connectivity index (χ1v) is 11.2. The highest BCUT2D eigenvalue weighted by molar-refractivity contribution is 5.78. The van der Waals surface area contributed by atoms with E-state index < -0.39 is 0 Å². The van der Waals surface area contributed by atoms with Crippen molar-refractivity contribution in [2.75, 3.05) is 51.3 Å². The lowest BCUT2D eigenvalue weighted by molar-refractivity contribution is -0.123. The second kappa shape index (κ2) is 11.7. The molecule has 1 fully saturated rings. The first kappa shape index (κ1) is 23.1. The number of ether oxygens (including phenoxy) is 1. The van der Waals surface area contributed by atoms with Crippen molar-refractivity contribution in [1.82, 2.24) is 15.5 Å². The van der Waals surface area contributed by atoms with Gasteiger partial charge in [-0.1, -0.05) is 50.2 Å². The quantitative estimate of drug-likeness (QED) is 0.614. The lowest BCUT2D eigenvalue weighted by atomic mass is 10.0. The Bertz CT molecular complexity index is 804. The molecular formula is C25H36N4O2. The van der Waals surface area contributed by atoms with Crippen LogP contribution in [0.3, 0.4) is 0 Å². The summed E-state index contributed by atoms with van der Waals surface area (Å²) in [4.78, 5) is 17.3. The summed E-state index contributed by atoms with van der Waals surface area (Å²) in [7, 11) is 1.69. The maximum Gasteiger partial charge on any atom is 0.234 e. The van der Waals surface area contributed by atoms with Crippen molar-refractivity contribution in [2.45, 2.75) is 26.4 Å². The summed E-state index contributed by atoms with van der Waals surface area (Å²) in [6.07, 6.45) is 0. The molecule has 0 saturated carbocycles. The number of methoxy groups -OCH3 is 1. The van der Waals surface area contributed by atoms with E-state index in [4.69, 9.17) is 4.74 Å². The van der Waals surface area contributed by atoms with Gasteiger partial charge in [0.1, 0.15) is 5.75 Å². The zero-order valence-corrected chi connectivity index (χ0v) is 19.0. The molecule has 1 saturated heterocycles. The van der Waals surface area contributed by atoms with Crippen LogP contribution in [0, 0.1) is 5.92 Å². The van der Waals surface area contributed by atoms with Gasteiger partial charge in [-0.05, 0) is 24.1 Å². The highest BCUT2D eigenvalue weighted by atomic mass is 16.5. The van der Waals surface area contributed by atoms with Gasteiger partial charge in [0, 0.05) is 56.6 Å². The second-order valence-corrected chi connectivity index (χ2v) is 8.46. The molecule has 6 nitrogen and oxygen atoms in total. The average Bonchev–Trinajstić information content (AvgIpc) is 2.79. The molecule has 3 rings (SSSR count). The Morgan fingerprint density at radius 2 is 1.68 bits per heavy atom. The highest BCUT2D eigenvalue weighted by Crippen LogP contribution is 2.17. The number of rotatable bonds is 10. The van der Waals surface area contributed by atoms with Gasteiger partial charge in [-0.3, -0.25) is 9.69 Å². The van der Waals surface area contributed by atoms with Gasteiger partial charge in [0.25, 0.3) is 0 Å². The van der Waals surface area contributed by atoms with Crippen molar-refractivity contribution < 1.29 is 9.53 Å². The third-order valence-electron chi connectivity index (χ3n) is 5.88. The molecular weight excluding hydrogens is 388 g/mol. The first-order valence-electron chi connectivity index (χ1n) is 11.2. The van der Waals surface area contributed by atoms with Crippen molar-refractivity contribution in [3.05, 3.63) is 60.2 Å². The molecule has 1 heterocycles. The number of carbonyl (C=O) groups is 1. The Labute approximate surface area is 186 Å². The van der Waals surface area contributed by atoms with E-state index in [0.717, 1.165) is 44.0 Å². The van der Waals surface area contributed by atoms with Crippen molar-refractivity contribution >= 4 is 11.6 Å². The maximum atomic E-state index is 12.7. The molecule has 2 aromatic rings. The molecule has 31 heavy (non-hydrogen) atoms. The molecule has 1 amide bonds. The predicted molar refractivity (Wildman–Crippen MR) is 127 cm³/mol. The van der Waals surface area contributed by atoms with E-state index >= 15 is 0 Å². The minimum atomic E-state index is 0.0906. The number of piperazine rings is 1. The highest BCUT2D eigenvalue weighted by Gasteiger charge is 2.21. The smallest absolute Gasteiger partial charge is 0.234 e. The fourth-order valence-corrected chi connectivity index (χ4v) is 3.92. The number of nitrogens with one attached hydrogen (secondary N) is 2. The Morgan fingerprint density at radius 3 is 2.35 bits per heavy atom. The van der Waals surface area contributed by atoms with Crippen LogP contribution < -0.4 is 20.3 Å². The minimum Gasteiger partial charge on any atom is -0.496 e. The average molecular weight is 425 g/mol. The van der Waals surface area contributed by atoms with E-state index in [1.165, 1.54) is 5.69 Å². The van der Waals surface area contributed by atoms with Crippen LogP contribution in [0.2, 0.25) is 0 Å². The standard InChI is InChI=1S/C25H36N4O2/c1-20(2)23(18-26-17-21-9-7-8-12-24(21)31-3)27-25(30)19-28-13-15-29(16-14-28)22-10-5-4-6-11-22/h4-12,20,23,26H,13-19H2,1-3H3,(H,27,30). The van der Waals surface area contributed by atoms with Gasteiger partial charge in [-0.15, -0.1) is 0 Å². The van der Waals surface area contributed by atoms with Gasteiger partial charge in [-0.25, -0.2) is 0 Å². The predicted octanol–water partition coefficient (Wildman–Crippen LogP) is 2.75. The number of nitrogens with zero attached hydrogens (tertiary/aromatic N) is 2. The van der Waals surface area contributed by atoms with Crippen molar-refractivity contribution in [3.63, 3.8) is 0 Å². The van der Waals surface area contributed by atoms with Gasteiger partial charge >= 0.3 is 0 Å². The van der Waals surface area contributed by atoms with E-state index in [2.05, 4.69) is 64.6 Å². The summed E-state index contributed by atoms with van der Waals surface area (Å²) in [5.74, 6) is 1.34. The fourth-order valence-electron chi connectivity index (χ4n) is 3.92. The summed E-state index contributed by atoms with van der Waals surface area (Å²) in [5.41, 5.74) is 2.38. The van der Waals surface area contributed by atoms with Crippen molar-refractivity contribution in [1.29, 1.82) is 0 Å². The van der Waals surface area contributed by atoms with Gasteiger partial charge in [0.05, 0.1) is 13.7 Å². The molecule has 0 aromatic heterocycles. The second-order valence-electron chi connectivity index (χ2n) is 8.46. The molecule has 6 heteroatoms. The van der Waals surface area contributed by atoms with E-state index in [0.29, 0.717) is 19.0 Å². The molecule has 2 N–H and O–H groups in total. The number of amides is 1. The molecule has 2 aromatic carbocycles. The fraction of sp³-hybridized carbons (Fsp3) is 0.480. The molecule has 1 aliphatic heterocycles. The molecule has 168 valence electrons. The molecule has 0 spiro atoms. The first-order chi connectivity index (χ1) is 15.1. The Kier molecular flexibility index (Phi) is 8.74. The SMILES string of the molecule is COc1ccccc1CNCC(NC(=O)CN1CCN(c2ccccc2)CC1)C(C)C. The molecule has 0 radical (unpaired) electrons. The number of anilines is 1. The molecule has 0 aliphatic carbocycles. The largest absolute Gasteiger partial charge is 0.496 e. The van der Waals surface area contributed by atoms with E-state index in [1.807, 2.05) is 24.3 Å². The Morgan fingerprint density at radius 1 is 1.00 bits per heavy atom. The summed E-state index contributed by atoms with van der Waals surface area (Å²) >= 11 is 0. The lowest BCUT2D eigenvalue weighted by Crippen LogP contribution is -2.52. The zero-order chi connectivity index (χ0) is 22.1. The van der Waals surface area contributed by atoms with Crippen LogP contribution in [-0.2, 0) is 11.3 Å². The van der Waals surface area contributed by atoms with Crippen molar-refractivity contribution in [2.24, 2.45) is 5.92 Å². The summed E-state index contributed by atoms with van der Waals surface area (Å²) in [5, 5.41) is 6.71. The van der Waals surface area contributed by atoms with E-state index in [9.17, 15) is 4.79 Å². The molecule has 1 aliphatic rings. The minimum absolute atomic E-state index is 0.0906. The Hall–Kier alpha value is -2.57. The molecule has 1 unspecified atom stereocenters. The lowest BCUT2D eigenvalue weighted by Gasteiger charge is -2.36. The van der Waals surface area contributed by atoms with Crippen molar-refractivity contribution in [3.8, 4) is 5.75 Å². The third-order valence-corrected chi connectivity index (χ3v) is 5.88. The maximum absolute atomic E-state index is 12.7. The number of benzene rings is 2. The van der Waals surface area contributed by atoms with Gasteiger partial charge in [-0.2, -0.15) is 0 Å². The third kappa shape index (κ3) is 6.97. The number of hydrogen-bond acceptors (Lipinski definition) is 5. The normalized spacial score (nSPS) is 15.7. The summed E-state index contributed by atoms with van der Waals surface area (Å²) in [6.45, 7) is 9.90. The number of carbonyl (C=O) groups excluding carboxylic acids is 1. The van der Waals surface area contributed by atoms with Crippen LogP contribution in [0.25, 0.3) is 0 Å². The summed E-state index contributed by atoms with van der Waals surface area (Å²) in [6, 6.07) is 18.6.